The number of nitrogens with one attached hydrogen (secondary N) is 2. The van der Waals surface area contributed by atoms with Crippen LogP contribution >= 0.6 is 0 Å². The zero-order chi connectivity index (χ0) is 20.4. The number of guanidine groups is 1. The molecule has 0 bridgehead atoms. The Morgan fingerprint density at radius 1 is 1.32 bits per heavy atom. The van der Waals surface area contributed by atoms with E-state index < -0.39 is 0 Å². The van der Waals surface area contributed by atoms with Crippen molar-refractivity contribution < 1.29 is 9.53 Å². The van der Waals surface area contributed by atoms with E-state index in [9.17, 15) is 4.79 Å². The van der Waals surface area contributed by atoms with Crippen molar-refractivity contribution in [1.29, 1.82) is 0 Å². The number of carbonyl (C=O) groups excluding carboxylic acids is 1. The van der Waals surface area contributed by atoms with Gasteiger partial charge < -0.3 is 25.2 Å². The second-order valence-electron chi connectivity index (χ2n) is 7.41. The lowest BCUT2D eigenvalue weighted by Gasteiger charge is -2.32. The van der Waals surface area contributed by atoms with E-state index in [2.05, 4.69) is 27.4 Å². The molecule has 156 valence electrons. The van der Waals surface area contributed by atoms with Gasteiger partial charge in [-0.2, -0.15) is 0 Å². The number of piperidine rings is 1. The lowest BCUT2D eigenvalue weighted by atomic mass is 10.1. The van der Waals surface area contributed by atoms with Gasteiger partial charge in [0.15, 0.2) is 12.6 Å². The summed E-state index contributed by atoms with van der Waals surface area (Å²) >= 11 is 0. The van der Waals surface area contributed by atoms with Crippen molar-refractivity contribution in [2.24, 2.45) is 4.99 Å². The van der Waals surface area contributed by atoms with Crippen molar-refractivity contribution in [3.8, 4) is 5.75 Å². The van der Waals surface area contributed by atoms with Crippen molar-refractivity contribution >= 4 is 11.9 Å². The first-order chi connectivity index (χ1) is 13.5. The Morgan fingerprint density at radius 3 is 2.71 bits per heavy atom. The maximum atomic E-state index is 11.7. The number of ether oxygens (including phenoxy) is 1. The second kappa shape index (κ2) is 11.5. The highest BCUT2D eigenvalue weighted by Crippen LogP contribution is 2.14. The maximum Gasteiger partial charge on any atom is 0.259 e. The maximum absolute atomic E-state index is 11.7. The summed E-state index contributed by atoms with van der Waals surface area (Å²) in [6, 6.07) is 8.25. The molecule has 7 nitrogen and oxygen atoms in total. The molecule has 0 spiro atoms. The van der Waals surface area contributed by atoms with E-state index in [1.165, 1.54) is 17.9 Å². The Kier molecular flexibility index (Phi) is 9.07. The molecule has 1 saturated heterocycles. The van der Waals surface area contributed by atoms with Crippen molar-refractivity contribution in [3.63, 3.8) is 0 Å². The highest BCUT2D eigenvalue weighted by atomic mass is 16.5. The number of hydrogen-bond acceptors (Lipinski definition) is 4. The molecule has 1 amide bonds. The fourth-order valence-corrected chi connectivity index (χ4v) is 3.21. The molecule has 7 heteroatoms. The molecule has 1 aromatic rings. The minimum absolute atomic E-state index is 0.0455. The molecule has 2 N–H and O–H groups in total. The van der Waals surface area contributed by atoms with Crippen molar-refractivity contribution in [2.75, 3.05) is 47.4 Å². The van der Waals surface area contributed by atoms with Crippen LogP contribution in [0.15, 0.2) is 29.3 Å². The van der Waals surface area contributed by atoms with E-state index in [4.69, 9.17) is 4.74 Å². The van der Waals surface area contributed by atoms with Crippen molar-refractivity contribution in [3.05, 3.63) is 29.8 Å². The van der Waals surface area contributed by atoms with Gasteiger partial charge in [0.05, 0.1) is 0 Å². The third kappa shape index (κ3) is 7.38. The van der Waals surface area contributed by atoms with Gasteiger partial charge in [0.25, 0.3) is 5.91 Å². The number of aliphatic imine (C=N–C) groups is 1. The van der Waals surface area contributed by atoms with Gasteiger partial charge in [-0.25, -0.2) is 0 Å². The van der Waals surface area contributed by atoms with Gasteiger partial charge >= 0.3 is 0 Å². The molecule has 0 aliphatic carbocycles. The molecule has 2 rings (SSSR count). The molecule has 28 heavy (non-hydrogen) atoms. The van der Waals surface area contributed by atoms with Crippen LogP contribution in [0.25, 0.3) is 0 Å². The summed E-state index contributed by atoms with van der Waals surface area (Å²) in [5.74, 6) is 1.46. The molecule has 0 atom stereocenters. The molecule has 1 heterocycles. The SMILES string of the molecule is CCCN1CCC(NC(=NC)NCc2cccc(OCC(=O)N(C)C)c2)CC1. The highest BCUT2D eigenvalue weighted by molar-refractivity contribution is 5.80. The number of benzene rings is 1. The zero-order valence-corrected chi connectivity index (χ0v) is 17.7. The Bertz CT molecular complexity index is 639. The smallest absolute Gasteiger partial charge is 0.259 e. The third-order valence-corrected chi connectivity index (χ3v) is 4.91. The van der Waals surface area contributed by atoms with Gasteiger partial charge in [-0.05, 0) is 43.5 Å². The Morgan fingerprint density at radius 2 is 2.07 bits per heavy atom. The molecule has 0 unspecified atom stereocenters. The second-order valence-corrected chi connectivity index (χ2v) is 7.41. The number of carbonyl (C=O) groups is 1. The standard InChI is InChI=1S/C21H35N5O2/c1-5-11-26-12-9-18(10-13-26)24-21(22-2)23-15-17-7-6-8-19(14-17)28-16-20(27)25(3)4/h6-8,14,18H,5,9-13,15-16H2,1-4H3,(H2,22,23,24). The van der Waals surface area contributed by atoms with Crippen molar-refractivity contribution in [1.82, 2.24) is 20.4 Å². The first kappa shape index (κ1) is 22.0. The van der Waals surface area contributed by atoms with Crippen molar-refractivity contribution in [2.45, 2.75) is 38.8 Å². The molecule has 1 aliphatic rings. The lowest BCUT2D eigenvalue weighted by Crippen LogP contribution is -2.48. The molecule has 1 aliphatic heterocycles. The summed E-state index contributed by atoms with van der Waals surface area (Å²) in [5.41, 5.74) is 1.08. The Labute approximate surface area is 169 Å². The fourth-order valence-electron chi connectivity index (χ4n) is 3.21. The average Bonchev–Trinajstić information content (AvgIpc) is 2.71. The summed E-state index contributed by atoms with van der Waals surface area (Å²) in [5, 5.41) is 6.91. The number of rotatable bonds is 8. The summed E-state index contributed by atoms with van der Waals surface area (Å²) in [4.78, 5) is 20.1. The predicted octanol–water partition coefficient (Wildman–Crippen LogP) is 1.69. The normalized spacial score (nSPS) is 15.9. The Hall–Kier alpha value is -2.28. The molecular formula is C21H35N5O2. The average molecular weight is 390 g/mol. The van der Waals surface area contributed by atoms with Gasteiger partial charge in [-0.15, -0.1) is 0 Å². The summed E-state index contributed by atoms with van der Waals surface area (Å²) < 4.78 is 5.58. The van der Waals surface area contributed by atoms with Crippen LogP contribution < -0.4 is 15.4 Å². The van der Waals surface area contributed by atoms with E-state index in [-0.39, 0.29) is 12.5 Å². The van der Waals surface area contributed by atoms with E-state index in [1.807, 2.05) is 24.3 Å². The topological polar surface area (TPSA) is 69.2 Å². The van der Waals surface area contributed by atoms with E-state index in [1.54, 1.807) is 21.1 Å². The van der Waals surface area contributed by atoms with Gasteiger partial charge in [0.2, 0.25) is 0 Å². The number of likely N-dealkylation sites (N-methyl/N-ethyl adjacent to an activating group) is 1. The van der Waals surface area contributed by atoms with Gasteiger partial charge in [-0.1, -0.05) is 19.1 Å². The van der Waals surface area contributed by atoms with Crippen LogP contribution in [0.2, 0.25) is 0 Å². The van der Waals surface area contributed by atoms with Crippen LogP contribution in [0, 0.1) is 0 Å². The highest BCUT2D eigenvalue weighted by Gasteiger charge is 2.19. The number of likely N-dealkylation sites (tertiary alicyclic amines) is 1. The largest absolute Gasteiger partial charge is 0.484 e. The van der Waals surface area contributed by atoms with Gasteiger partial charge in [0.1, 0.15) is 5.75 Å². The summed E-state index contributed by atoms with van der Waals surface area (Å²) in [7, 11) is 5.24. The molecule has 0 aromatic heterocycles. The number of amides is 1. The molecule has 0 radical (unpaired) electrons. The Balaban J connectivity index is 1.78. The zero-order valence-electron chi connectivity index (χ0n) is 17.7. The minimum atomic E-state index is -0.0573. The first-order valence-corrected chi connectivity index (χ1v) is 10.1. The van der Waals surface area contributed by atoms with Crippen LogP contribution in [0.3, 0.4) is 0 Å². The number of nitrogens with zero attached hydrogens (tertiary/aromatic N) is 3. The van der Waals surface area contributed by atoms with Gasteiger partial charge in [0, 0.05) is 46.8 Å². The van der Waals surface area contributed by atoms with Crippen LogP contribution in [0.5, 0.6) is 5.75 Å². The number of hydrogen-bond donors (Lipinski definition) is 2. The molecule has 1 fully saturated rings. The van der Waals surface area contributed by atoms with Crippen LogP contribution in [-0.2, 0) is 11.3 Å². The summed E-state index contributed by atoms with van der Waals surface area (Å²) in [6.07, 6.45) is 3.50. The van der Waals surface area contributed by atoms with E-state index >= 15 is 0 Å². The third-order valence-electron chi connectivity index (χ3n) is 4.91. The van der Waals surface area contributed by atoms with E-state index in [0.29, 0.717) is 18.3 Å². The lowest BCUT2D eigenvalue weighted by molar-refractivity contribution is -0.130. The van der Waals surface area contributed by atoms with Crippen LogP contribution in [0.1, 0.15) is 31.7 Å². The monoisotopic (exact) mass is 389 g/mol. The minimum Gasteiger partial charge on any atom is -0.484 e. The van der Waals surface area contributed by atoms with Crippen LogP contribution in [0.4, 0.5) is 0 Å². The molecule has 1 aromatic carbocycles. The fraction of sp³-hybridized carbons (Fsp3) is 0.619. The van der Waals surface area contributed by atoms with Gasteiger partial charge in [-0.3, -0.25) is 9.79 Å². The molecule has 0 saturated carbocycles. The predicted molar refractivity (Wildman–Crippen MR) is 114 cm³/mol. The van der Waals surface area contributed by atoms with E-state index in [0.717, 1.165) is 37.5 Å². The van der Waals surface area contributed by atoms with Crippen LogP contribution in [-0.4, -0.2) is 75.1 Å². The summed E-state index contributed by atoms with van der Waals surface area (Å²) in [6.45, 7) is 6.41. The first-order valence-electron chi connectivity index (χ1n) is 10.1. The molecular weight excluding hydrogens is 354 g/mol. The quantitative estimate of drug-likeness (QED) is 0.523.